The summed E-state index contributed by atoms with van der Waals surface area (Å²) in [6.45, 7) is 5.43. The van der Waals surface area contributed by atoms with Crippen LogP contribution in [0, 0.1) is 13.8 Å². The van der Waals surface area contributed by atoms with Crippen molar-refractivity contribution in [1.82, 2.24) is 5.32 Å². The van der Waals surface area contributed by atoms with Crippen molar-refractivity contribution in [2.75, 3.05) is 24.2 Å². The second kappa shape index (κ2) is 8.43. The Morgan fingerprint density at radius 2 is 1.74 bits per heavy atom. The molecule has 2 aromatic rings. The van der Waals surface area contributed by atoms with Gasteiger partial charge in [0.25, 0.3) is 0 Å². The van der Waals surface area contributed by atoms with Gasteiger partial charge in [-0.25, -0.2) is 8.42 Å². The first kappa shape index (κ1) is 20.8. The normalized spacial score (nSPS) is 12.3. The van der Waals surface area contributed by atoms with Crippen molar-refractivity contribution in [3.8, 4) is 5.75 Å². The van der Waals surface area contributed by atoms with E-state index in [-0.39, 0.29) is 18.5 Å². The van der Waals surface area contributed by atoms with Crippen LogP contribution in [0.5, 0.6) is 5.75 Å². The smallest absolute Gasteiger partial charge is 0.241 e. The number of hydrogen-bond donors (Lipinski definition) is 1. The summed E-state index contributed by atoms with van der Waals surface area (Å²) in [5.41, 5.74) is 3.41. The second-order valence-electron chi connectivity index (χ2n) is 6.60. The molecule has 0 aromatic heterocycles. The van der Waals surface area contributed by atoms with E-state index >= 15 is 0 Å². The van der Waals surface area contributed by atoms with Crippen LogP contribution in [0.1, 0.15) is 29.7 Å². The number of carbonyl (C=O) groups excluding carboxylic acids is 1. The number of carbonyl (C=O) groups is 1. The zero-order chi connectivity index (χ0) is 20.2. The highest BCUT2D eigenvalue weighted by molar-refractivity contribution is 7.92. The third-order valence-corrected chi connectivity index (χ3v) is 5.60. The van der Waals surface area contributed by atoms with Crippen LogP contribution in [0.2, 0.25) is 0 Å². The van der Waals surface area contributed by atoms with Crippen molar-refractivity contribution >= 4 is 21.6 Å². The van der Waals surface area contributed by atoms with Gasteiger partial charge in [-0.2, -0.15) is 0 Å². The van der Waals surface area contributed by atoms with Crippen molar-refractivity contribution in [3.63, 3.8) is 0 Å². The molecule has 1 atom stereocenters. The van der Waals surface area contributed by atoms with E-state index in [2.05, 4.69) is 5.32 Å². The van der Waals surface area contributed by atoms with E-state index in [0.29, 0.717) is 5.69 Å². The summed E-state index contributed by atoms with van der Waals surface area (Å²) in [6, 6.07) is 12.4. The molecule has 7 heteroatoms. The van der Waals surface area contributed by atoms with E-state index in [4.69, 9.17) is 4.74 Å². The van der Waals surface area contributed by atoms with E-state index < -0.39 is 10.0 Å². The Hall–Kier alpha value is -2.54. The summed E-state index contributed by atoms with van der Waals surface area (Å²) in [5, 5.41) is 2.85. The van der Waals surface area contributed by atoms with Crippen molar-refractivity contribution in [2.45, 2.75) is 26.8 Å². The lowest BCUT2D eigenvalue weighted by Crippen LogP contribution is -2.41. The Bertz CT molecular complexity index is 908. The Labute approximate surface area is 161 Å². The molecule has 146 valence electrons. The summed E-state index contributed by atoms with van der Waals surface area (Å²) < 4.78 is 30.7. The SMILES string of the molecule is COc1ccc(C(C)NC(=O)CN(c2ccc(C)c(C)c2)S(C)(=O)=O)cc1. The van der Waals surface area contributed by atoms with Gasteiger partial charge in [0.05, 0.1) is 25.1 Å². The number of methoxy groups -OCH3 is 1. The molecule has 0 heterocycles. The monoisotopic (exact) mass is 390 g/mol. The molecule has 0 radical (unpaired) electrons. The maximum Gasteiger partial charge on any atom is 0.241 e. The van der Waals surface area contributed by atoms with Crippen LogP contribution >= 0.6 is 0 Å². The highest BCUT2D eigenvalue weighted by Crippen LogP contribution is 2.22. The number of anilines is 1. The molecule has 0 aliphatic rings. The molecular weight excluding hydrogens is 364 g/mol. The van der Waals surface area contributed by atoms with E-state index in [0.717, 1.165) is 33.0 Å². The molecule has 2 aromatic carbocycles. The molecule has 1 unspecified atom stereocenters. The number of aryl methyl sites for hydroxylation is 2. The first-order valence-corrected chi connectivity index (χ1v) is 10.4. The molecular formula is C20H26N2O4S. The number of ether oxygens (including phenoxy) is 1. The fourth-order valence-corrected chi connectivity index (χ4v) is 3.52. The number of hydrogen-bond acceptors (Lipinski definition) is 4. The van der Waals surface area contributed by atoms with Crippen LogP contribution in [0.4, 0.5) is 5.69 Å². The van der Waals surface area contributed by atoms with E-state index in [9.17, 15) is 13.2 Å². The van der Waals surface area contributed by atoms with Crippen molar-refractivity contribution < 1.29 is 17.9 Å². The van der Waals surface area contributed by atoms with Gasteiger partial charge in [-0.15, -0.1) is 0 Å². The molecule has 0 saturated carbocycles. The number of nitrogens with one attached hydrogen (secondary N) is 1. The van der Waals surface area contributed by atoms with Crippen LogP contribution < -0.4 is 14.4 Å². The van der Waals surface area contributed by atoms with E-state index in [1.165, 1.54) is 0 Å². The molecule has 2 rings (SSSR count). The predicted molar refractivity (Wildman–Crippen MR) is 108 cm³/mol. The van der Waals surface area contributed by atoms with Gasteiger partial charge in [-0.1, -0.05) is 18.2 Å². The molecule has 0 saturated heterocycles. The lowest BCUT2D eigenvalue weighted by atomic mass is 10.1. The van der Waals surface area contributed by atoms with Gasteiger partial charge in [0.2, 0.25) is 15.9 Å². The van der Waals surface area contributed by atoms with Crippen LogP contribution in [-0.4, -0.2) is 34.2 Å². The summed E-state index contributed by atoms with van der Waals surface area (Å²) >= 11 is 0. The maximum absolute atomic E-state index is 12.5. The highest BCUT2D eigenvalue weighted by Gasteiger charge is 2.22. The lowest BCUT2D eigenvalue weighted by Gasteiger charge is -2.24. The Morgan fingerprint density at radius 1 is 1.11 bits per heavy atom. The van der Waals surface area contributed by atoms with Gasteiger partial charge >= 0.3 is 0 Å². The van der Waals surface area contributed by atoms with Crippen molar-refractivity contribution in [3.05, 3.63) is 59.2 Å². The summed E-state index contributed by atoms with van der Waals surface area (Å²) in [6.07, 6.45) is 1.10. The first-order chi connectivity index (χ1) is 12.6. The van der Waals surface area contributed by atoms with Crippen LogP contribution in [0.3, 0.4) is 0 Å². The Kier molecular flexibility index (Phi) is 6.49. The quantitative estimate of drug-likeness (QED) is 0.789. The molecule has 1 N–H and O–H groups in total. The van der Waals surface area contributed by atoms with Crippen LogP contribution in [0.15, 0.2) is 42.5 Å². The van der Waals surface area contributed by atoms with Gasteiger partial charge in [-0.3, -0.25) is 9.10 Å². The third kappa shape index (κ3) is 5.47. The minimum absolute atomic E-state index is 0.260. The van der Waals surface area contributed by atoms with Gasteiger partial charge in [-0.05, 0) is 61.7 Å². The average molecular weight is 391 g/mol. The number of sulfonamides is 1. The maximum atomic E-state index is 12.5. The first-order valence-electron chi connectivity index (χ1n) is 8.60. The summed E-state index contributed by atoms with van der Waals surface area (Å²) in [4.78, 5) is 12.5. The largest absolute Gasteiger partial charge is 0.497 e. The standard InChI is InChI=1S/C20H26N2O4S/c1-14-6-9-18(12-15(14)2)22(27(5,24)25)13-20(23)21-16(3)17-7-10-19(26-4)11-8-17/h6-12,16H,13H2,1-5H3,(H,21,23). The highest BCUT2D eigenvalue weighted by atomic mass is 32.2. The van der Waals surface area contributed by atoms with Gasteiger partial charge < -0.3 is 10.1 Å². The molecule has 0 spiro atoms. The number of rotatable bonds is 7. The number of amides is 1. The molecule has 0 fully saturated rings. The topological polar surface area (TPSA) is 75.7 Å². The van der Waals surface area contributed by atoms with E-state index in [1.807, 2.05) is 51.1 Å². The number of benzene rings is 2. The molecule has 0 bridgehead atoms. The Morgan fingerprint density at radius 3 is 2.26 bits per heavy atom. The van der Waals surface area contributed by atoms with E-state index in [1.54, 1.807) is 19.2 Å². The molecule has 1 amide bonds. The zero-order valence-corrected chi connectivity index (χ0v) is 17.1. The van der Waals surface area contributed by atoms with Gasteiger partial charge in [0.1, 0.15) is 12.3 Å². The van der Waals surface area contributed by atoms with Crippen LogP contribution in [-0.2, 0) is 14.8 Å². The Balaban J connectivity index is 2.14. The number of nitrogens with zero attached hydrogens (tertiary/aromatic N) is 1. The fraction of sp³-hybridized carbons (Fsp3) is 0.350. The molecule has 0 aliphatic heterocycles. The lowest BCUT2D eigenvalue weighted by molar-refractivity contribution is -0.120. The third-order valence-electron chi connectivity index (χ3n) is 4.46. The predicted octanol–water partition coefficient (Wildman–Crippen LogP) is 2.96. The van der Waals surface area contributed by atoms with Crippen molar-refractivity contribution in [2.24, 2.45) is 0 Å². The minimum Gasteiger partial charge on any atom is -0.497 e. The van der Waals surface area contributed by atoms with Gasteiger partial charge in [0, 0.05) is 0 Å². The fourth-order valence-electron chi connectivity index (χ4n) is 2.67. The van der Waals surface area contributed by atoms with Gasteiger partial charge in [0.15, 0.2) is 0 Å². The second-order valence-corrected chi connectivity index (χ2v) is 8.51. The van der Waals surface area contributed by atoms with Crippen molar-refractivity contribution in [1.29, 1.82) is 0 Å². The molecule has 27 heavy (non-hydrogen) atoms. The van der Waals surface area contributed by atoms with Crippen LogP contribution in [0.25, 0.3) is 0 Å². The summed E-state index contributed by atoms with van der Waals surface area (Å²) in [7, 11) is -2.01. The molecule has 6 nitrogen and oxygen atoms in total. The minimum atomic E-state index is -3.60. The average Bonchev–Trinajstić information content (AvgIpc) is 2.61. The zero-order valence-electron chi connectivity index (χ0n) is 16.3. The molecule has 0 aliphatic carbocycles. The summed E-state index contributed by atoms with van der Waals surface area (Å²) in [5.74, 6) is 0.359.